The van der Waals surface area contributed by atoms with Gasteiger partial charge in [0.15, 0.2) is 0 Å². The number of nitrogens with one attached hydrogen (secondary N) is 1. The highest BCUT2D eigenvalue weighted by Gasteiger charge is 2.43. The monoisotopic (exact) mass is 238 g/mol. The maximum absolute atomic E-state index is 12.5. The number of amides is 2. The number of nitrogens with zero attached hydrogens (tertiary/aromatic N) is 1. The Morgan fingerprint density at radius 2 is 2.12 bits per heavy atom. The summed E-state index contributed by atoms with van der Waals surface area (Å²) in [7, 11) is 0. The lowest BCUT2D eigenvalue weighted by Gasteiger charge is -2.35. The van der Waals surface area contributed by atoms with Crippen LogP contribution in [0.25, 0.3) is 0 Å². The number of hydrogen-bond donors (Lipinski definition) is 1. The highest BCUT2D eigenvalue weighted by atomic mass is 16.2. The fourth-order valence-electron chi connectivity index (χ4n) is 2.53. The van der Waals surface area contributed by atoms with E-state index in [0.29, 0.717) is 25.3 Å². The Morgan fingerprint density at radius 1 is 1.47 bits per heavy atom. The molecule has 2 aliphatic rings. The SMILES string of the molecule is CCC1(C)NC(=O)CCN(C(C)C2CC2)C1=O. The molecule has 2 unspecified atom stereocenters. The molecule has 0 bridgehead atoms. The summed E-state index contributed by atoms with van der Waals surface area (Å²) in [5, 5.41) is 2.87. The Balaban J connectivity index is 2.20. The van der Waals surface area contributed by atoms with Crippen LogP contribution in [0.15, 0.2) is 0 Å². The molecular formula is C13H22N2O2. The Bertz CT molecular complexity index is 338. The lowest BCUT2D eigenvalue weighted by Crippen LogP contribution is -2.56. The van der Waals surface area contributed by atoms with Crippen LogP contribution in [0.1, 0.15) is 46.5 Å². The Labute approximate surface area is 103 Å². The number of carbonyl (C=O) groups excluding carboxylic acids is 2. The highest BCUT2D eigenvalue weighted by Crippen LogP contribution is 2.36. The van der Waals surface area contributed by atoms with Crippen LogP contribution in [0.4, 0.5) is 0 Å². The van der Waals surface area contributed by atoms with Gasteiger partial charge in [0.05, 0.1) is 0 Å². The molecule has 0 spiro atoms. The zero-order valence-corrected chi connectivity index (χ0v) is 11.0. The van der Waals surface area contributed by atoms with Crippen LogP contribution in [-0.4, -0.2) is 34.8 Å². The van der Waals surface area contributed by atoms with E-state index in [1.54, 1.807) is 0 Å². The average molecular weight is 238 g/mol. The van der Waals surface area contributed by atoms with E-state index in [4.69, 9.17) is 0 Å². The van der Waals surface area contributed by atoms with Crippen LogP contribution in [0.5, 0.6) is 0 Å². The van der Waals surface area contributed by atoms with Gasteiger partial charge in [0.2, 0.25) is 11.8 Å². The van der Waals surface area contributed by atoms with E-state index in [-0.39, 0.29) is 17.9 Å². The molecule has 0 aromatic rings. The van der Waals surface area contributed by atoms with Crippen LogP contribution < -0.4 is 5.32 Å². The fourth-order valence-corrected chi connectivity index (χ4v) is 2.53. The van der Waals surface area contributed by atoms with E-state index in [9.17, 15) is 9.59 Å². The molecule has 1 aliphatic heterocycles. The molecule has 2 amide bonds. The summed E-state index contributed by atoms with van der Waals surface area (Å²) in [6, 6.07) is 0.279. The second-order valence-corrected chi connectivity index (χ2v) is 5.56. The van der Waals surface area contributed by atoms with E-state index in [1.165, 1.54) is 12.8 Å². The minimum Gasteiger partial charge on any atom is -0.342 e. The lowest BCUT2D eigenvalue weighted by molar-refractivity contribution is -0.140. The van der Waals surface area contributed by atoms with Gasteiger partial charge in [-0.2, -0.15) is 0 Å². The molecule has 1 aliphatic carbocycles. The third-order valence-electron chi connectivity index (χ3n) is 4.23. The summed E-state index contributed by atoms with van der Waals surface area (Å²) in [5.74, 6) is 0.728. The van der Waals surface area contributed by atoms with Crippen LogP contribution in [0.3, 0.4) is 0 Å². The first-order chi connectivity index (χ1) is 7.98. The summed E-state index contributed by atoms with van der Waals surface area (Å²) in [6.45, 7) is 6.47. The van der Waals surface area contributed by atoms with Crippen LogP contribution in [0.2, 0.25) is 0 Å². The van der Waals surface area contributed by atoms with Gasteiger partial charge in [0, 0.05) is 19.0 Å². The minimum atomic E-state index is -0.712. The van der Waals surface area contributed by atoms with Gasteiger partial charge in [0.1, 0.15) is 5.54 Å². The smallest absolute Gasteiger partial charge is 0.248 e. The molecule has 1 saturated heterocycles. The molecule has 1 N–H and O–H groups in total. The van der Waals surface area contributed by atoms with E-state index < -0.39 is 5.54 Å². The second-order valence-electron chi connectivity index (χ2n) is 5.56. The molecule has 17 heavy (non-hydrogen) atoms. The Hall–Kier alpha value is -1.06. The lowest BCUT2D eigenvalue weighted by atomic mass is 9.96. The summed E-state index contributed by atoms with van der Waals surface area (Å²) >= 11 is 0. The standard InChI is InChI=1S/C13H22N2O2/c1-4-13(3)12(17)15(8-7-11(16)14-13)9(2)10-5-6-10/h9-10H,4-8H2,1-3H3,(H,14,16). The van der Waals surface area contributed by atoms with Gasteiger partial charge in [-0.1, -0.05) is 6.92 Å². The highest BCUT2D eigenvalue weighted by molar-refractivity contribution is 5.93. The van der Waals surface area contributed by atoms with Gasteiger partial charge < -0.3 is 10.2 Å². The minimum absolute atomic E-state index is 0.00630. The number of rotatable bonds is 3. The molecule has 96 valence electrons. The van der Waals surface area contributed by atoms with Crippen LogP contribution in [-0.2, 0) is 9.59 Å². The fraction of sp³-hybridized carbons (Fsp3) is 0.846. The first-order valence-electron chi connectivity index (χ1n) is 6.60. The topological polar surface area (TPSA) is 49.4 Å². The largest absolute Gasteiger partial charge is 0.342 e. The zero-order chi connectivity index (χ0) is 12.6. The normalized spacial score (nSPS) is 32.1. The second kappa shape index (κ2) is 4.31. The molecule has 0 radical (unpaired) electrons. The van der Waals surface area contributed by atoms with Crippen molar-refractivity contribution in [2.24, 2.45) is 5.92 Å². The van der Waals surface area contributed by atoms with Gasteiger partial charge in [-0.3, -0.25) is 9.59 Å². The molecule has 1 heterocycles. The first-order valence-corrected chi connectivity index (χ1v) is 6.60. The van der Waals surface area contributed by atoms with Gasteiger partial charge in [-0.15, -0.1) is 0 Å². The average Bonchev–Trinajstić information content (AvgIpc) is 3.11. The molecule has 0 aromatic heterocycles. The molecule has 2 fully saturated rings. The molecule has 2 atom stereocenters. The van der Waals surface area contributed by atoms with Crippen molar-refractivity contribution in [1.29, 1.82) is 0 Å². The molecule has 1 saturated carbocycles. The van der Waals surface area contributed by atoms with E-state index >= 15 is 0 Å². The van der Waals surface area contributed by atoms with Crippen molar-refractivity contribution in [2.45, 2.75) is 58.0 Å². The molecule has 0 aromatic carbocycles. The van der Waals surface area contributed by atoms with Gasteiger partial charge >= 0.3 is 0 Å². The van der Waals surface area contributed by atoms with Crippen molar-refractivity contribution in [3.63, 3.8) is 0 Å². The number of hydrogen-bond acceptors (Lipinski definition) is 2. The third-order valence-corrected chi connectivity index (χ3v) is 4.23. The van der Waals surface area contributed by atoms with Crippen molar-refractivity contribution >= 4 is 11.8 Å². The summed E-state index contributed by atoms with van der Waals surface area (Å²) in [5.41, 5.74) is -0.712. The molecular weight excluding hydrogens is 216 g/mol. The van der Waals surface area contributed by atoms with Crippen molar-refractivity contribution in [1.82, 2.24) is 10.2 Å². The van der Waals surface area contributed by atoms with Gasteiger partial charge in [0.25, 0.3) is 0 Å². The Morgan fingerprint density at radius 3 is 2.65 bits per heavy atom. The van der Waals surface area contributed by atoms with Crippen LogP contribution in [0, 0.1) is 5.92 Å². The first kappa shape index (κ1) is 12.4. The predicted octanol–water partition coefficient (Wildman–Crippen LogP) is 1.30. The molecule has 4 heteroatoms. The Kier molecular flexibility index (Phi) is 3.15. The van der Waals surface area contributed by atoms with Gasteiger partial charge in [-0.05, 0) is 39.0 Å². The van der Waals surface area contributed by atoms with Crippen molar-refractivity contribution in [2.75, 3.05) is 6.54 Å². The third kappa shape index (κ3) is 2.31. The predicted molar refractivity (Wildman–Crippen MR) is 65.4 cm³/mol. The molecule has 4 nitrogen and oxygen atoms in total. The summed E-state index contributed by atoms with van der Waals surface area (Å²) in [4.78, 5) is 26.1. The van der Waals surface area contributed by atoms with E-state index in [2.05, 4.69) is 12.2 Å². The van der Waals surface area contributed by atoms with Crippen molar-refractivity contribution in [3.8, 4) is 0 Å². The maximum Gasteiger partial charge on any atom is 0.248 e. The van der Waals surface area contributed by atoms with Gasteiger partial charge in [-0.25, -0.2) is 0 Å². The van der Waals surface area contributed by atoms with E-state index in [1.807, 2.05) is 18.7 Å². The van der Waals surface area contributed by atoms with Crippen molar-refractivity contribution in [3.05, 3.63) is 0 Å². The van der Waals surface area contributed by atoms with Crippen LogP contribution >= 0.6 is 0 Å². The van der Waals surface area contributed by atoms with Crippen molar-refractivity contribution < 1.29 is 9.59 Å². The quantitative estimate of drug-likeness (QED) is 0.805. The molecule has 2 rings (SSSR count). The van der Waals surface area contributed by atoms with E-state index in [0.717, 1.165) is 0 Å². The number of carbonyl (C=O) groups is 2. The summed E-state index contributed by atoms with van der Waals surface area (Å²) < 4.78 is 0. The zero-order valence-electron chi connectivity index (χ0n) is 11.0. The summed E-state index contributed by atoms with van der Waals surface area (Å²) in [6.07, 6.45) is 3.51. The maximum atomic E-state index is 12.5.